The van der Waals surface area contributed by atoms with Gasteiger partial charge in [0.15, 0.2) is 0 Å². The molecule has 5 nitrogen and oxygen atoms in total. The molecule has 0 spiro atoms. The van der Waals surface area contributed by atoms with Crippen molar-refractivity contribution in [2.24, 2.45) is 0 Å². The first-order valence-corrected chi connectivity index (χ1v) is 10.2. The second-order valence-corrected chi connectivity index (χ2v) is 7.75. The Balaban J connectivity index is 1.52. The van der Waals surface area contributed by atoms with Gasteiger partial charge in [-0.1, -0.05) is 35.9 Å². The first-order valence-electron chi connectivity index (χ1n) is 9.79. The molecule has 0 radical (unpaired) electrons. The average Bonchev–Trinajstić information content (AvgIpc) is 3.25. The number of ether oxygens (including phenoxy) is 1. The van der Waals surface area contributed by atoms with Crippen LogP contribution in [0.25, 0.3) is 0 Å². The fraction of sp³-hybridized carbons (Fsp3) is 0.208. The smallest absolute Gasteiger partial charge is 0.274 e. The van der Waals surface area contributed by atoms with Crippen LogP contribution in [0.15, 0.2) is 60.8 Å². The summed E-state index contributed by atoms with van der Waals surface area (Å²) < 4.78 is 5.95. The van der Waals surface area contributed by atoms with E-state index in [0.29, 0.717) is 29.4 Å². The number of benzene rings is 2. The normalized spacial score (nSPS) is 15.8. The van der Waals surface area contributed by atoms with Gasteiger partial charge in [-0.2, -0.15) is 0 Å². The molecule has 1 saturated heterocycles. The fourth-order valence-corrected chi connectivity index (χ4v) is 3.98. The average molecular weight is 421 g/mol. The summed E-state index contributed by atoms with van der Waals surface area (Å²) in [6.45, 7) is 3.09. The number of para-hydroxylation sites is 1. The summed E-state index contributed by atoms with van der Waals surface area (Å²) in [5.74, 6) is 1.26. The topological polar surface area (TPSA) is 59.5 Å². The number of carbonyl (C=O) groups is 2. The number of rotatable bonds is 5. The van der Waals surface area contributed by atoms with E-state index in [1.807, 2.05) is 43.3 Å². The zero-order chi connectivity index (χ0) is 21.1. The van der Waals surface area contributed by atoms with Crippen molar-refractivity contribution in [1.29, 1.82) is 0 Å². The maximum absolute atomic E-state index is 12.8. The molecule has 0 saturated carbocycles. The Hall–Kier alpha value is -3.18. The molecule has 1 aromatic heterocycles. The lowest BCUT2D eigenvalue weighted by atomic mass is 9.94. The van der Waals surface area contributed by atoms with E-state index in [1.54, 1.807) is 29.3 Å². The maximum Gasteiger partial charge on any atom is 0.274 e. The van der Waals surface area contributed by atoms with E-state index >= 15 is 0 Å². The summed E-state index contributed by atoms with van der Waals surface area (Å²) in [5.41, 5.74) is 2.78. The van der Waals surface area contributed by atoms with Crippen molar-refractivity contribution in [3.05, 3.63) is 88.2 Å². The van der Waals surface area contributed by atoms with Gasteiger partial charge in [-0.25, -0.2) is 4.98 Å². The largest absolute Gasteiger partial charge is 0.457 e. The van der Waals surface area contributed by atoms with E-state index in [-0.39, 0.29) is 17.5 Å². The number of amides is 1. The summed E-state index contributed by atoms with van der Waals surface area (Å²) in [6.07, 6.45) is 3.18. The van der Waals surface area contributed by atoms with Gasteiger partial charge in [0.1, 0.15) is 23.5 Å². The van der Waals surface area contributed by atoms with Gasteiger partial charge in [0.05, 0.1) is 5.02 Å². The van der Waals surface area contributed by atoms with Crippen LogP contribution in [0.2, 0.25) is 5.02 Å². The number of carbonyl (C=O) groups excluding carboxylic acids is 2. The summed E-state index contributed by atoms with van der Waals surface area (Å²) >= 11 is 6.12. The molecule has 1 aliphatic heterocycles. The molecule has 1 aliphatic rings. The third kappa shape index (κ3) is 4.07. The highest BCUT2D eigenvalue weighted by Crippen LogP contribution is 2.33. The van der Waals surface area contributed by atoms with E-state index < -0.39 is 0 Å². The van der Waals surface area contributed by atoms with E-state index in [2.05, 4.69) is 4.98 Å². The quantitative estimate of drug-likeness (QED) is 0.527. The number of aldehydes is 1. The molecule has 2 aromatic carbocycles. The second kappa shape index (κ2) is 8.67. The molecule has 30 heavy (non-hydrogen) atoms. The molecule has 1 fully saturated rings. The molecule has 2 heterocycles. The zero-order valence-corrected chi connectivity index (χ0v) is 17.3. The first-order chi connectivity index (χ1) is 14.6. The summed E-state index contributed by atoms with van der Waals surface area (Å²) in [4.78, 5) is 30.4. The van der Waals surface area contributed by atoms with Gasteiger partial charge in [0.2, 0.25) is 0 Å². The number of nitrogens with zero attached hydrogens (tertiary/aromatic N) is 2. The number of aromatic nitrogens is 1. The molecule has 0 aliphatic carbocycles. The van der Waals surface area contributed by atoms with Gasteiger partial charge < -0.3 is 9.64 Å². The van der Waals surface area contributed by atoms with Crippen LogP contribution >= 0.6 is 11.6 Å². The third-order valence-corrected chi connectivity index (χ3v) is 5.69. The molecule has 1 atom stereocenters. The fourth-order valence-electron chi connectivity index (χ4n) is 3.78. The molecule has 4 rings (SSSR count). The lowest BCUT2D eigenvalue weighted by Crippen LogP contribution is -2.29. The standard InChI is InChI=1S/C24H21ClN2O3/c1-16-5-2-3-7-22(16)30-19-8-9-20(18(13-19)15-28)17-10-12-27(14-17)24(29)23-21(25)6-4-11-26-23/h2-9,11,13,15,17H,10,12,14H2,1H3. The van der Waals surface area contributed by atoms with Crippen molar-refractivity contribution >= 4 is 23.8 Å². The third-order valence-electron chi connectivity index (χ3n) is 5.38. The van der Waals surface area contributed by atoms with Crippen LogP contribution in [0.3, 0.4) is 0 Å². The van der Waals surface area contributed by atoms with Gasteiger partial charge in [-0.15, -0.1) is 0 Å². The molecule has 152 valence electrons. The van der Waals surface area contributed by atoms with Crippen LogP contribution in [0.4, 0.5) is 0 Å². The van der Waals surface area contributed by atoms with Crippen LogP contribution in [0, 0.1) is 6.92 Å². The number of halogens is 1. The van der Waals surface area contributed by atoms with Crippen molar-refractivity contribution in [3.8, 4) is 11.5 Å². The molecule has 1 unspecified atom stereocenters. The van der Waals surface area contributed by atoms with E-state index in [9.17, 15) is 9.59 Å². The number of hydrogen-bond acceptors (Lipinski definition) is 4. The van der Waals surface area contributed by atoms with Crippen molar-refractivity contribution in [1.82, 2.24) is 9.88 Å². The van der Waals surface area contributed by atoms with Gasteiger partial charge >= 0.3 is 0 Å². The van der Waals surface area contributed by atoms with Gasteiger partial charge in [0.25, 0.3) is 5.91 Å². The molecular formula is C24H21ClN2O3. The van der Waals surface area contributed by atoms with Crippen LogP contribution in [0.1, 0.15) is 44.3 Å². The number of aryl methyl sites for hydroxylation is 1. The second-order valence-electron chi connectivity index (χ2n) is 7.35. The SMILES string of the molecule is Cc1ccccc1Oc1ccc(C2CCN(C(=O)c3ncccc3Cl)C2)c(C=O)c1. The Labute approximate surface area is 180 Å². The maximum atomic E-state index is 12.8. The predicted octanol–water partition coefficient (Wildman–Crippen LogP) is 5.28. The van der Waals surface area contributed by atoms with Crippen molar-refractivity contribution < 1.29 is 14.3 Å². The van der Waals surface area contributed by atoms with Crippen molar-refractivity contribution in [2.75, 3.05) is 13.1 Å². The van der Waals surface area contributed by atoms with Crippen molar-refractivity contribution in [3.63, 3.8) is 0 Å². The zero-order valence-electron chi connectivity index (χ0n) is 16.5. The van der Waals surface area contributed by atoms with Crippen molar-refractivity contribution in [2.45, 2.75) is 19.3 Å². The minimum atomic E-state index is -0.185. The monoisotopic (exact) mass is 420 g/mol. The minimum absolute atomic E-state index is 0.0733. The van der Waals surface area contributed by atoms with Gasteiger partial charge in [0, 0.05) is 30.8 Å². The molecule has 6 heteroatoms. The highest BCUT2D eigenvalue weighted by Gasteiger charge is 2.30. The lowest BCUT2D eigenvalue weighted by molar-refractivity contribution is 0.0785. The van der Waals surface area contributed by atoms with Gasteiger partial charge in [-0.3, -0.25) is 9.59 Å². The van der Waals surface area contributed by atoms with E-state index in [0.717, 1.165) is 29.6 Å². The molecular weight excluding hydrogens is 400 g/mol. The summed E-state index contributed by atoms with van der Waals surface area (Å²) in [5, 5.41) is 0.345. The number of pyridine rings is 1. The number of likely N-dealkylation sites (tertiary alicyclic amines) is 1. The summed E-state index contributed by atoms with van der Waals surface area (Å²) in [7, 11) is 0. The van der Waals surface area contributed by atoms with Crippen LogP contribution in [-0.4, -0.2) is 35.2 Å². The van der Waals surface area contributed by atoms with Crippen LogP contribution in [-0.2, 0) is 0 Å². The Kier molecular flexibility index (Phi) is 5.81. The summed E-state index contributed by atoms with van der Waals surface area (Å²) in [6, 6.07) is 16.6. The Morgan fingerprint density at radius 3 is 2.80 bits per heavy atom. The predicted molar refractivity (Wildman–Crippen MR) is 116 cm³/mol. The Morgan fingerprint density at radius 2 is 2.03 bits per heavy atom. The first kappa shape index (κ1) is 20.1. The van der Waals surface area contributed by atoms with Crippen LogP contribution < -0.4 is 4.74 Å². The minimum Gasteiger partial charge on any atom is -0.457 e. The molecule has 1 amide bonds. The van der Waals surface area contributed by atoms with E-state index in [4.69, 9.17) is 16.3 Å². The van der Waals surface area contributed by atoms with Crippen LogP contribution in [0.5, 0.6) is 11.5 Å². The molecule has 3 aromatic rings. The Bertz CT molecular complexity index is 1100. The lowest BCUT2D eigenvalue weighted by Gasteiger charge is -2.18. The highest BCUT2D eigenvalue weighted by molar-refractivity contribution is 6.33. The molecule has 0 N–H and O–H groups in total. The Morgan fingerprint density at radius 1 is 1.20 bits per heavy atom. The number of hydrogen-bond donors (Lipinski definition) is 0. The highest BCUT2D eigenvalue weighted by atomic mass is 35.5. The van der Waals surface area contributed by atoms with E-state index in [1.165, 1.54) is 0 Å². The van der Waals surface area contributed by atoms with Gasteiger partial charge in [-0.05, 0) is 54.8 Å². The molecule has 0 bridgehead atoms.